The van der Waals surface area contributed by atoms with Gasteiger partial charge in [0.25, 0.3) is 5.91 Å². The quantitative estimate of drug-likeness (QED) is 0.472. The predicted octanol–water partition coefficient (Wildman–Crippen LogP) is 1.34. The van der Waals surface area contributed by atoms with Crippen LogP contribution in [-0.2, 0) is 19.1 Å². The molecule has 1 fully saturated rings. The third-order valence-corrected chi connectivity index (χ3v) is 3.49. The van der Waals surface area contributed by atoms with Crippen molar-refractivity contribution in [2.75, 3.05) is 13.2 Å². The summed E-state index contributed by atoms with van der Waals surface area (Å²) in [6.45, 7) is 3.80. The van der Waals surface area contributed by atoms with Gasteiger partial charge in [0.15, 0.2) is 0 Å². The number of ketones is 1. The molecule has 0 spiro atoms. The first-order valence-electron chi connectivity index (χ1n) is 6.62. The lowest BCUT2D eigenvalue weighted by Crippen LogP contribution is -2.30. The van der Waals surface area contributed by atoms with Crippen molar-refractivity contribution in [2.24, 2.45) is 5.92 Å². The number of rotatable bonds is 4. The highest BCUT2D eigenvalue weighted by molar-refractivity contribution is 6.42. The summed E-state index contributed by atoms with van der Waals surface area (Å²) >= 11 is 0. The molecule has 2 atom stereocenters. The highest BCUT2D eigenvalue weighted by Crippen LogP contribution is 2.27. The number of nitrogens with zero attached hydrogens (tertiary/aromatic N) is 1. The van der Waals surface area contributed by atoms with E-state index in [0.717, 1.165) is 5.56 Å². The minimum Gasteiger partial charge on any atom is -0.465 e. The highest BCUT2D eigenvalue weighted by Gasteiger charge is 2.45. The van der Waals surface area contributed by atoms with Crippen LogP contribution in [0.1, 0.15) is 25.5 Å². The van der Waals surface area contributed by atoms with Crippen LogP contribution in [0.25, 0.3) is 0 Å². The lowest BCUT2D eigenvalue weighted by molar-refractivity contribution is -0.151. The van der Waals surface area contributed by atoms with E-state index in [4.69, 9.17) is 4.74 Å². The van der Waals surface area contributed by atoms with Crippen molar-refractivity contribution in [1.29, 1.82) is 0 Å². The van der Waals surface area contributed by atoms with Crippen LogP contribution in [0.15, 0.2) is 30.3 Å². The zero-order valence-electron chi connectivity index (χ0n) is 11.5. The van der Waals surface area contributed by atoms with Gasteiger partial charge in [-0.05, 0) is 19.4 Å². The number of amides is 1. The van der Waals surface area contributed by atoms with Gasteiger partial charge in [-0.2, -0.15) is 0 Å². The molecular weight excluding hydrogens is 258 g/mol. The molecule has 1 aliphatic heterocycles. The Morgan fingerprint density at radius 3 is 2.60 bits per heavy atom. The molecule has 1 aromatic carbocycles. The maximum atomic E-state index is 12.0. The molecule has 0 saturated carbocycles. The zero-order chi connectivity index (χ0) is 14.7. The largest absolute Gasteiger partial charge is 0.465 e. The van der Waals surface area contributed by atoms with Gasteiger partial charge < -0.3 is 9.64 Å². The van der Waals surface area contributed by atoms with Crippen molar-refractivity contribution < 1.29 is 19.1 Å². The molecule has 1 saturated heterocycles. The van der Waals surface area contributed by atoms with Crippen molar-refractivity contribution in [1.82, 2.24) is 4.90 Å². The fraction of sp³-hybridized carbons (Fsp3) is 0.400. The van der Waals surface area contributed by atoms with Gasteiger partial charge in [0.05, 0.1) is 12.6 Å². The molecule has 2 rings (SSSR count). The first-order chi connectivity index (χ1) is 9.56. The molecule has 0 aromatic heterocycles. The van der Waals surface area contributed by atoms with Crippen LogP contribution in [0, 0.1) is 5.92 Å². The second-order valence-corrected chi connectivity index (χ2v) is 4.71. The Bertz CT molecular complexity index is 526. The summed E-state index contributed by atoms with van der Waals surface area (Å²) in [4.78, 5) is 37.0. The molecular formula is C15H17NO4. The molecule has 1 aromatic rings. The molecule has 0 bridgehead atoms. The number of ether oxygens (including phenoxy) is 1. The van der Waals surface area contributed by atoms with Crippen molar-refractivity contribution >= 4 is 17.7 Å². The third kappa shape index (κ3) is 2.57. The number of Topliss-reactive ketones (excluding diaryl/α,β-unsaturated/α-hetero) is 1. The van der Waals surface area contributed by atoms with E-state index in [2.05, 4.69) is 0 Å². The molecule has 5 nitrogen and oxygen atoms in total. The average Bonchev–Trinajstić information content (AvgIpc) is 2.76. The van der Waals surface area contributed by atoms with Crippen LogP contribution in [0.3, 0.4) is 0 Å². The Kier molecular flexibility index (Phi) is 4.17. The van der Waals surface area contributed by atoms with Gasteiger partial charge >= 0.3 is 5.97 Å². The summed E-state index contributed by atoms with van der Waals surface area (Å²) in [6, 6.07) is 9.16. The van der Waals surface area contributed by atoms with E-state index in [1.807, 2.05) is 37.3 Å². The molecule has 5 heteroatoms. The maximum absolute atomic E-state index is 12.0. The van der Waals surface area contributed by atoms with Gasteiger partial charge in [-0.25, -0.2) is 0 Å². The standard InChI is InChI=1S/C15H17NO4/c1-3-20-15(19)12-9-16(14(18)13(12)17)10(2)11-7-5-4-6-8-11/h4-8,10,12H,3,9H2,1-2H3/t10-,12?/m0/s1. The summed E-state index contributed by atoms with van der Waals surface area (Å²) < 4.78 is 4.84. The van der Waals surface area contributed by atoms with Crippen molar-refractivity contribution in [3.05, 3.63) is 35.9 Å². The number of esters is 1. The number of carbonyl (C=O) groups is 3. The Hall–Kier alpha value is -2.17. The van der Waals surface area contributed by atoms with E-state index in [-0.39, 0.29) is 19.2 Å². The first kappa shape index (κ1) is 14.2. The van der Waals surface area contributed by atoms with Gasteiger partial charge in [0.2, 0.25) is 5.78 Å². The Balaban J connectivity index is 2.16. The fourth-order valence-electron chi connectivity index (χ4n) is 2.32. The summed E-state index contributed by atoms with van der Waals surface area (Å²) in [6.07, 6.45) is 0. The Morgan fingerprint density at radius 1 is 1.35 bits per heavy atom. The number of likely N-dealkylation sites (tertiary alicyclic amines) is 1. The number of carbonyl (C=O) groups excluding carboxylic acids is 3. The van der Waals surface area contributed by atoms with Crippen LogP contribution in [0.5, 0.6) is 0 Å². The molecule has 1 amide bonds. The third-order valence-electron chi connectivity index (χ3n) is 3.49. The lowest BCUT2D eigenvalue weighted by atomic mass is 10.1. The second kappa shape index (κ2) is 5.86. The first-order valence-corrected chi connectivity index (χ1v) is 6.62. The van der Waals surface area contributed by atoms with Gasteiger partial charge in [0, 0.05) is 6.54 Å². The lowest BCUT2D eigenvalue weighted by Gasteiger charge is -2.24. The average molecular weight is 275 g/mol. The Labute approximate surface area is 117 Å². The smallest absolute Gasteiger partial charge is 0.318 e. The van der Waals surface area contributed by atoms with Crippen molar-refractivity contribution in [3.8, 4) is 0 Å². The summed E-state index contributed by atoms with van der Waals surface area (Å²) in [5.74, 6) is -2.90. The topological polar surface area (TPSA) is 63.7 Å². The van der Waals surface area contributed by atoms with E-state index in [1.165, 1.54) is 4.90 Å². The predicted molar refractivity (Wildman–Crippen MR) is 71.7 cm³/mol. The molecule has 1 heterocycles. The molecule has 0 radical (unpaired) electrons. The van der Waals surface area contributed by atoms with Crippen molar-refractivity contribution in [2.45, 2.75) is 19.9 Å². The molecule has 0 aliphatic carbocycles. The van der Waals surface area contributed by atoms with E-state index >= 15 is 0 Å². The van der Waals surface area contributed by atoms with E-state index in [0.29, 0.717) is 0 Å². The molecule has 1 unspecified atom stereocenters. The molecule has 106 valence electrons. The number of hydrogen-bond donors (Lipinski definition) is 0. The Morgan fingerprint density at radius 2 is 2.00 bits per heavy atom. The zero-order valence-corrected chi connectivity index (χ0v) is 11.5. The van der Waals surface area contributed by atoms with Crippen LogP contribution in [0.4, 0.5) is 0 Å². The van der Waals surface area contributed by atoms with Gasteiger partial charge in [-0.15, -0.1) is 0 Å². The van der Waals surface area contributed by atoms with Crippen LogP contribution >= 0.6 is 0 Å². The molecule has 0 N–H and O–H groups in total. The minimum atomic E-state index is -0.992. The SMILES string of the molecule is CCOC(=O)C1CN([C@@H](C)c2ccccc2)C(=O)C1=O. The normalized spacial score (nSPS) is 20.1. The number of hydrogen-bond acceptors (Lipinski definition) is 4. The minimum absolute atomic E-state index is 0.0898. The van der Waals surface area contributed by atoms with Gasteiger partial charge in [-0.1, -0.05) is 30.3 Å². The molecule has 1 aliphatic rings. The van der Waals surface area contributed by atoms with Crippen molar-refractivity contribution in [3.63, 3.8) is 0 Å². The monoisotopic (exact) mass is 275 g/mol. The van der Waals surface area contributed by atoms with Gasteiger partial charge in [-0.3, -0.25) is 14.4 Å². The van der Waals surface area contributed by atoms with Crippen LogP contribution < -0.4 is 0 Å². The molecule has 20 heavy (non-hydrogen) atoms. The number of benzene rings is 1. The fourth-order valence-corrected chi connectivity index (χ4v) is 2.32. The van der Waals surface area contributed by atoms with Gasteiger partial charge in [0.1, 0.15) is 5.92 Å². The summed E-state index contributed by atoms with van der Waals surface area (Å²) in [5, 5.41) is 0. The van der Waals surface area contributed by atoms with E-state index < -0.39 is 23.6 Å². The maximum Gasteiger partial charge on any atom is 0.318 e. The van der Waals surface area contributed by atoms with Crippen LogP contribution in [0.2, 0.25) is 0 Å². The second-order valence-electron chi connectivity index (χ2n) is 4.71. The summed E-state index contributed by atoms with van der Waals surface area (Å²) in [7, 11) is 0. The van der Waals surface area contributed by atoms with Crippen LogP contribution in [-0.4, -0.2) is 35.7 Å². The van der Waals surface area contributed by atoms with E-state index in [9.17, 15) is 14.4 Å². The highest BCUT2D eigenvalue weighted by atomic mass is 16.5. The summed E-state index contributed by atoms with van der Waals surface area (Å²) in [5.41, 5.74) is 0.929. The van der Waals surface area contributed by atoms with E-state index in [1.54, 1.807) is 6.92 Å².